The van der Waals surface area contributed by atoms with Crippen molar-refractivity contribution in [3.8, 4) is 0 Å². The molecule has 3 aromatic rings. The third kappa shape index (κ3) is 4.65. The number of aromatic nitrogens is 2. The predicted octanol–water partition coefficient (Wildman–Crippen LogP) is 5.90. The minimum atomic E-state index is -4.42. The topological polar surface area (TPSA) is 65.7 Å². The third-order valence-electron chi connectivity index (χ3n) is 6.86. The van der Waals surface area contributed by atoms with Crippen LogP contribution in [0.3, 0.4) is 0 Å². The number of allylic oxidation sites excluding steroid dienone is 2. The van der Waals surface area contributed by atoms with Crippen molar-refractivity contribution in [1.82, 2.24) is 9.97 Å². The summed E-state index contributed by atoms with van der Waals surface area (Å²) in [6.45, 7) is 0. The van der Waals surface area contributed by atoms with Gasteiger partial charge in [0.2, 0.25) is 0 Å². The van der Waals surface area contributed by atoms with E-state index in [1.165, 1.54) is 6.07 Å². The molecule has 1 atom stereocenters. The summed E-state index contributed by atoms with van der Waals surface area (Å²) in [7, 11) is 0. The molecule has 4 nitrogen and oxygen atoms in total. The van der Waals surface area contributed by atoms with Crippen molar-refractivity contribution in [2.24, 2.45) is 0 Å². The fraction of sp³-hybridized carbons (Fsp3) is 0.333. The van der Waals surface area contributed by atoms with Crippen LogP contribution in [0.15, 0.2) is 64.2 Å². The normalized spacial score (nSPS) is 18.6. The number of rotatable bonds is 5. The van der Waals surface area contributed by atoms with Gasteiger partial charge in [0, 0.05) is 23.6 Å². The molecular weight excluding hydrogens is 441 g/mol. The van der Waals surface area contributed by atoms with Crippen molar-refractivity contribution in [1.29, 1.82) is 0 Å². The lowest BCUT2D eigenvalue weighted by Crippen LogP contribution is -2.30. The number of aromatic amines is 2. The summed E-state index contributed by atoms with van der Waals surface area (Å²) in [5.41, 5.74) is 2.12. The van der Waals surface area contributed by atoms with Crippen LogP contribution in [0, 0.1) is 0 Å². The zero-order valence-electron chi connectivity index (χ0n) is 18.5. The van der Waals surface area contributed by atoms with E-state index in [4.69, 9.17) is 0 Å². The largest absolute Gasteiger partial charge is 0.417 e. The van der Waals surface area contributed by atoms with Crippen LogP contribution in [0.1, 0.15) is 77.5 Å². The Morgan fingerprint density at radius 1 is 0.912 bits per heavy atom. The van der Waals surface area contributed by atoms with E-state index >= 15 is 0 Å². The molecular formula is C27H25F3N2O2. The average molecular weight is 467 g/mol. The monoisotopic (exact) mass is 466 g/mol. The van der Waals surface area contributed by atoms with Gasteiger partial charge in [-0.2, -0.15) is 13.2 Å². The van der Waals surface area contributed by atoms with E-state index in [9.17, 15) is 22.8 Å². The minimum absolute atomic E-state index is 0.141. The van der Waals surface area contributed by atoms with Gasteiger partial charge in [0.05, 0.1) is 5.56 Å². The van der Waals surface area contributed by atoms with Gasteiger partial charge >= 0.3 is 11.9 Å². The highest BCUT2D eigenvalue weighted by Crippen LogP contribution is 2.45. The Bertz CT molecular complexity index is 1350. The maximum Gasteiger partial charge on any atom is 0.417 e. The summed E-state index contributed by atoms with van der Waals surface area (Å²) in [5, 5.41) is 0. The molecule has 0 bridgehead atoms. The quantitative estimate of drug-likeness (QED) is 0.492. The van der Waals surface area contributed by atoms with Crippen LogP contribution in [0.25, 0.3) is 5.57 Å². The molecule has 34 heavy (non-hydrogen) atoms. The number of H-pyrrole nitrogens is 2. The second-order valence-electron chi connectivity index (χ2n) is 9.24. The summed E-state index contributed by atoms with van der Waals surface area (Å²) < 4.78 is 41.6. The number of benzene rings is 2. The maximum absolute atomic E-state index is 13.9. The Morgan fingerprint density at radius 3 is 2.32 bits per heavy atom. The molecule has 0 aliphatic heterocycles. The van der Waals surface area contributed by atoms with E-state index < -0.39 is 23.0 Å². The highest BCUT2D eigenvalue weighted by molar-refractivity contribution is 5.70. The SMILES string of the molecule is O=c1[nH]c(C2CC=C(c3ccc(C4CC4)cc3C(F)(F)F)CC2)c(Cc2ccccc2)c(=O)[nH]1. The molecule has 5 rings (SSSR count). The Kier molecular flexibility index (Phi) is 5.80. The summed E-state index contributed by atoms with van der Waals surface area (Å²) in [6.07, 6.45) is 1.13. The smallest absolute Gasteiger partial charge is 0.311 e. The molecule has 1 aromatic heterocycles. The first-order chi connectivity index (χ1) is 16.3. The van der Waals surface area contributed by atoms with Crippen LogP contribution >= 0.6 is 0 Å². The molecule has 2 N–H and O–H groups in total. The number of halogens is 3. The second kappa shape index (κ2) is 8.78. The Labute approximate surface area is 194 Å². The lowest BCUT2D eigenvalue weighted by atomic mass is 9.81. The number of alkyl halides is 3. The second-order valence-corrected chi connectivity index (χ2v) is 9.24. The molecule has 0 saturated heterocycles. The van der Waals surface area contributed by atoms with Crippen LogP contribution < -0.4 is 11.2 Å². The van der Waals surface area contributed by atoms with Gasteiger partial charge in [-0.1, -0.05) is 48.5 Å². The first-order valence-corrected chi connectivity index (χ1v) is 11.6. The fourth-order valence-electron chi connectivity index (χ4n) is 4.94. The van der Waals surface area contributed by atoms with Crippen molar-refractivity contribution in [3.63, 3.8) is 0 Å². The Hall–Kier alpha value is -3.35. The van der Waals surface area contributed by atoms with Crippen molar-refractivity contribution >= 4 is 5.57 Å². The Balaban J connectivity index is 1.46. The van der Waals surface area contributed by atoms with Crippen LogP contribution in [0.5, 0.6) is 0 Å². The summed E-state index contributed by atoms with van der Waals surface area (Å²) in [6, 6.07) is 14.2. The first-order valence-electron chi connectivity index (χ1n) is 11.6. The molecule has 2 aromatic carbocycles. The van der Waals surface area contributed by atoms with Gasteiger partial charge in [-0.15, -0.1) is 0 Å². The van der Waals surface area contributed by atoms with E-state index in [2.05, 4.69) is 9.97 Å². The van der Waals surface area contributed by atoms with Gasteiger partial charge in [0.25, 0.3) is 5.56 Å². The van der Waals surface area contributed by atoms with Gasteiger partial charge in [-0.05, 0) is 66.4 Å². The first kappa shape index (κ1) is 22.4. The zero-order valence-corrected chi connectivity index (χ0v) is 18.5. The van der Waals surface area contributed by atoms with Crippen molar-refractivity contribution in [2.75, 3.05) is 0 Å². The van der Waals surface area contributed by atoms with E-state index in [1.807, 2.05) is 42.5 Å². The number of hydrogen-bond acceptors (Lipinski definition) is 2. The molecule has 176 valence electrons. The van der Waals surface area contributed by atoms with Gasteiger partial charge < -0.3 is 4.98 Å². The van der Waals surface area contributed by atoms with Gasteiger partial charge in [0.1, 0.15) is 0 Å². The van der Waals surface area contributed by atoms with Crippen LogP contribution in [0.2, 0.25) is 0 Å². The van der Waals surface area contributed by atoms with E-state index in [1.54, 1.807) is 6.07 Å². The van der Waals surface area contributed by atoms with Crippen molar-refractivity contribution in [3.05, 3.63) is 109 Å². The highest BCUT2D eigenvalue weighted by atomic mass is 19.4. The highest BCUT2D eigenvalue weighted by Gasteiger charge is 2.36. The van der Waals surface area contributed by atoms with Gasteiger partial charge in [0.15, 0.2) is 0 Å². The summed E-state index contributed by atoms with van der Waals surface area (Å²) in [5.74, 6) is 0.105. The summed E-state index contributed by atoms with van der Waals surface area (Å²) >= 11 is 0. The lowest BCUT2D eigenvalue weighted by Gasteiger charge is -2.25. The van der Waals surface area contributed by atoms with Crippen molar-refractivity contribution < 1.29 is 13.2 Å². The van der Waals surface area contributed by atoms with Gasteiger partial charge in [-0.25, -0.2) is 4.79 Å². The molecule has 1 unspecified atom stereocenters. The molecule has 7 heteroatoms. The maximum atomic E-state index is 13.9. The molecule has 2 aliphatic carbocycles. The van der Waals surface area contributed by atoms with Gasteiger partial charge in [-0.3, -0.25) is 9.78 Å². The van der Waals surface area contributed by atoms with E-state index in [-0.39, 0.29) is 17.4 Å². The van der Waals surface area contributed by atoms with E-state index in [0.717, 1.165) is 24.0 Å². The Morgan fingerprint density at radius 2 is 1.68 bits per heavy atom. The third-order valence-corrected chi connectivity index (χ3v) is 6.86. The minimum Gasteiger partial charge on any atom is -0.311 e. The number of nitrogens with one attached hydrogen (secondary N) is 2. The molecule has 1 heterocycles. The standard InChI is InChI=1S/C27H25F3N2O2/c28-27(29,30)23-15-20(17-6-7-17)12-13-21(23)18-8-10-19(11-9-18)24-22(25(33)32-26(34)31-24)14-16-4-2-1-3-5-16/h1-5,8,12-13,15,17,19H,6-7,9-11,14H2,(H2,31,32,33,34). The number of hydrogen-bond donors (Lipinski definition) is 2. The zero-order chi connectivity index (χ0) is 23.9. The summed E-state index contributed by atoms with van der Waals surface area (Å²) in [4.78, 5) is 29.8. The average Bonchev–Trinajstić information content (AvgIpc) is 3.66. The van der Waals surface area contributed by atoms with Crippen LogP contribution in [0.4, 0.5) is 13.2 Å². The molecule has 0 radical (unpaired) electrons. The predicted molar refractivity (Wildman–Crippen MR) is 125 cm³/mol. The molecule has 2 aliphatic rings. The lowest BCUT2D eigenvalue weighted by molar-refractivity contribution is -0.137. The fourth-order valence-corrected chi connectivity index (χ4v) is 4.94. The van der Waals surface area contributed by atoms with Crippen molar-refractivity contribution in [2.45, 2.75) is 56.5 Å². The van der Waals surface area contributed by atoms with Crippen LogP contribution in [-0.2, 0) is 12.6 Å². The molecule has 0 spiro atoms. The molecule has 0 amide bonds. The molecule has 1 fully saturated rings. The van der Waals surface area contributed by atoms with Crippen LogP contribution in [-0.4, -0.2) is 9.97 Å². The van der Waals surface area contributed by atoms with E-state index in [0.29, 0.717) is 42.5 Å². The molecule has 1 saturated carbocycles.